The van der Waals surface area contributed by atoms with Gasteiger partial charge >= 0.3 is 0 Å². The minimum absolute atomic E-state index is 0.0796. The maximum atomic E-state index is 12.4. The molecule has 1 aromatic carbocycles. The molecule has 0 saturated heterocycles. The van der Waals surface area contributed by atoms with Crippen LogP contribution in [-0.4, -0.2) is 22.6 Å². The summed E-state index contributed by atoms with van der Waals surface area (Å²) in [4.78, 5) is 14.0. The average molecular weight is 258 g/mol. The van der Waals surface area contributed by atoms with Crippen LogP contribution in [0.5, 0.6) is 5.75 Å². The third kappa shape index (κ3) is 2.78. The first-order valence-corrected chi connectivity index (χ1v) is 6.35. The highest BCUT2D eigenvalue weighted by Crippen LogP contribution is 2.20. The molecule has 1 amide bonds. The Kier molecular flexibility index (Phi) is 3.90. The van der Waals surface area contributed by atoms with Crippen LogP contribution in [0.25, 0.3) is 0 Å². The van der Waals surface area contributed by atoms with Gasteiger partial charge in [0, 0.05) is 31.5 Å². The number of anilines is 1. The highest BCUT2D eigenvalue weighted by molar-refractivity contribution is 6.04. The normalized spacial score (nSPS) is 10.4. The van der Waals surface area contributed by atoms with Gasteiger partial charge in [-0.3, -0.25) is 4.79 Å². The van der Waals surface area contributed by atoms with E-state index >= 15 is 0 Å². The molecule has 0 atom stereocenters. The van der Waals surface area contributed by atoms with E-state index in [-0.39, 0.29) is 11.7 Å². The molecule has 0 saturated carbocycles. The summed E-state index contributed by atoms with van der Waals surface area (Å²) in [5.41, 5.74) is 1.34. The Labute approximate surface area is 112 Å². The maximum Gasteiger partial charge on any atom is 0.274 e. The number of hydrogen-bond acceptors (Lipinski definition) is 2. The number of amides is 1. The minimum atomic E-state index is -0.0796. The predicted molar refractivity (Wildman–Crippen MR) is 75.6 cm³/mol. The van der Waals surface area contributed by atoms with Gasteiger partial charge in [0.15, 0.2) is 0 Å². The minimum Gasteiger partial charge on any atom is -0.508 e. The lowest BCUT2D eigenvalue weighted by molar-refractivity contribution is 0.0984. The summed E-state index contributed by atoms with van der Waals surface area (Å²) in [6.45, 7) is 2.90. The Balaban J connectivity index is 2.26. The Hall–Kier alpha value is -2.23. The largest absolute Gasteiger partial charge is 0.508 e. The fourth-order valence-corrected chi connectivity index (χ4v) is 2.03. The summed E-state index contributed by atoms with van der Waals surface area (Å²) in [5.74, 6) is 0.0742. The summed E-state index contributed by atoms with van der Waals surface area (Å²) >= 11 is 0. The number of phenols is 1. The number of aromatic hydroxyl groups is 1. The van der Waals surface area contributed by atoms with Crippen molar-refractivity contribution < 1.29 is 9.90 Å². The van der Waals surface area contributed by atoms with Crippen molar-refractivity contribution in [3.8, 4) is 5.75 Å². The average Bonchev–Trinajstić information content (AvgIpc) is 2.86. The number of hydrogen-bond donors (Lipinski definition) is 1. The first-order valence-electron chi connectivity index (χ1n) is 6.35. The molecule has 0 radical (unpaired) electrons. The predicted octanol–water partition coefficient (Wildman–Crippen LogP) is 2.88. The van der Waals surface area contributed by atoms with Crippen LogP contribution >= 0.6 is 0 Å². The maximum absolute atomic E-state index is 12.4. The van der Waals surface area contributed by atoms with Gasteiger partial charge < -0.3 is 14.6 Å². The summed E-state index contributed by atoms with van der Waals surface area (Å²) in [5, 5.41) is 9.47. The van der Waals surface area contributed by atoms with E-state index in [1.165, 1.54) is 0 Å². The Morgan fingerprint density at radius 1 is 1.32 bits per heavy atom. The molecule has 0 aliphatic heterocycles. The van der Waals surface area contributed by atoms with Crippen molar-refractivity contribution in [3.05, 3.63) is 48.3 Å². The Morgan fingerprint density at radius 3 is 2.79 bits per heavy atom. The van der Waals surface area contributed by atoms with Crippen molar-refractivity contribution in [2.24, 2.45) is 0 Å². The molecule has 4 heteroatoms. The van der Waals surface area contributed by atoms with E-state index in [1.807, 2.05) is 22.9 Å². The number of benzene rings is 1. The lowest BCUT2D eigenvalue weighted by atomic mass is 10.2. The number of carbonyl (C=O) groups excluding carboxylic acids is 1. The highest BCUT2D eigenvalue weighted by atomic mass is 16.3. The van der Waals surface area contributed by atoms with Crippen LogP contribution in [-0.2, 0) is 6.54 Å². The van der Waals surface area contributed by atoms with Crippen LogP contribution < -0.4 is 4.90 Å². The number of rotatable bonds is 4. The molecule has 0 aliphatic rings. The van der Waals surface area contributed by atoms with Gasteiger partial charge in [-0.25, -0.2) is 0 Å². The molecule has 19 heavy (non-hydrogen) atoms. The fourth-order valence-electron chi connectivity index (χ4n) is 2.03. The molecule has 1 heterocycles. The van der Waals surface area contributed by atoms with Gasteiger partial charge in [-0.1, -0.05) is 13.0 Å². The molecule has 1 N–H and O–H groups in total. The van der Waals surface area contributed by atoms with Crippen LogP contribution in [0.15, 0.2) is 42.6 Å². The molecule has 0 aliphatic carbocycles. The van der Waals surface area contributed by atoms with Crippen LogP contribution in [0.2, 0.25) is 0 Å². The Morgan fingerprint density at radius 2 is 2.11 bits per heavy atom. The van der Waals surface area contributed by atoms with Crippen LogP contribution in [0.1, 0.15) is 23.8 Å². The highest BCUT2D eigenvalue weighted by Gasteiger charge is 2.16. The molecule has 100 valence electrons. The Bertz CT molecular complexity index is 575. The molecule has 4 nitrogen and oxygen atoms in total. The quantitative estimate of drug-likeness (QED) is 0.916. The van der Waals surface area contributed by atoms with Crippen molar-refractivity contribution >= 4 is 11.6 Å². The summed E-state index contributed by atoms with van der Waals surface area (Å²) in [6.07, 6.45) is 2.89. The number of phenolic OH excluding ortho intramolecular Hbond substituents is 1. The van der Waals surface area contributed by atoms with Crippen molar-refractivity contribution in [2.45, 2.75) is 19.9 Å². The monoisotopic (exact) mass is 258 g/mol. The first-order chi connectivity index (χ1) is 9.13. The van der Waals surface area contributed by atoms with Crippen molar-refractivity contribution in [3.63, 3.8) is 0 Å². The van der Waals surface area contributed by atoms with E-state index in [0.717, 1.165) is 13.0 Å². The van der Waals surface area contributed by atoms with Crippen molar-refractivity contribution in [1.29, 1.82) is 0 Å². The number of aryl methyl sites for hydroxylation is 1. The molecule has 0 spiro atoms. The molecule has 0 fully saturated rings. The molecule has 0 unspecified atom stereocenters. The molecule has 2 aromatic rings. The molecule has 2 rings (SSSR count). The summed E-state index contributed by atoms with van der Waals surface area (Å²) < 4.78 is 1.95. The van der Waals surface area contributed by atoms with Crippen LogP contribution in [0.3, 0.4) is 0 Å². The summed E-state index contributed by atoms with van der Waals surface area (Å²) in [6, 6.07) is 10.4. The third-order valence-electron chi connectivity index (χ3n) is 3.03. The standard InChI is InChI=1S/C15H18N2O2/c1-3-9-17-10-5-8-14(17)15(19)16(2)12-6-4-7-13(18)11-12/h4-8,10-11,18H,3,9H2,1-2H3. The first kappa shape index (κ1) is 13.2. The number of aromatic nitrogens is 1. The zero-order valence-corrected chi connectivity index (χ0v) is 11.2. The molecule has 1 aromatic heterocycles. The third-order valence-corrected chi connectivity index (χ3v) is 3.03. The van der Waals surface area contributed by atoms with Gasteiger partial charge in [-0.2, -0.15) is 0 Å². The van der Waals surface area contributed by atoms with Gasteiger partial charge in [0.2, 0.25) is 0 Å². The molecular formula is C15H18N2O2. The topological polar surface area (TPSA) is 45.5 Å². The molecular weight excluding hydrogens is 240 g/mol. The SMILES string of the molecule is CCCn1cccc1C(=O)N(C)c1cccc(O)c1. The van der Waals surface area contributed by atoms with E-state index in [1.54, 1.807) is 36.2 Å². The smallest absolute Gasteiger partial charge is 0.274 e. The number of nitrogens with zero attached hydrogens (tertiary/aromatic N) is 2. The lowest BCUT2D eigenvalue weighted by Gasteiger charge is -2.18. The second-order valence-electron chi connectivity index (χ2n) is 4.47. The van der Waals surface area contributed by atoms with E-state index in [2.05, 4.69) is 6.92 Å². The number of carbonyl (C=O) groups is 1. The van der Waals surface area contributed by atoms with E-state index in [4.69, 9.17) is 0 Å². The zero-order valence-electron chi connectivity index (χ0n) is 11.2. The van der Waals surface area contributed by atoms with Crippen molar-refractivity contribution in [2.75, 3.05) is 11.9 Å². The van der Waals surface area contributed by atoms with Gasteiger partial charge in [-0.05, 0) is 30.7 Å². The van der Waals surface area contributed by atoms with Crippen molar-refractivity contribution in [1.82, 2.24) is 4.57 Å². The molecule has 0 bridgehead atoms. The van der Waals surface area contributed by atoms with E-state index in [0.29, 0.717) is 11.4 Å². The van der Waals surface area contributed by atoms with Gasteiger partial charge in [0.25, 0.3) is 5.91 Å². The van der Waals surface area contributed by atoms with Gasteiger partial charge in [-0.15, -0.1) is 0 Å². The second-order valence-corrected chi connectivity index (χ2v) is 4.47. The summed E-state index contributed by atoms with van der Waals surface area (Å²) in [7, 11) is 1.71. The van der Waals surface area contributed by atoms with Crippen LogP contribution in [0.4, 0.5) is 5.69 Å². The van der Waals surface area contributed by atoms with E-state index in [9.17, 15) is 9.90 Å². The van der Waals surface area contributed by atoms with E-state index < -0.39 is 0 Å². The lowest BCUT2D eigenvalue weighted by Crippen LogP contribution is -2.28. The van der Waals surface area contributed by atoms with Gasteiger partial charge in [0.1, 0.15) is 11.4 Å². The fraction of sp³-hybridized carbons (Fsp3) is 0.267. The second kappa shape index (κ2) is 5.61. The van der Waals surface area contributed by atoms with Gasteiger partial charge in [0.05, 0.1) is 0 Å². The zero-order chi connectivity index (χ0) is 13.8. The van der Waals surface area contributed by atoms with Crippen LogP contribution in [0, 0.1) is 0 Å².